The van der Waals surface area contributed by atoms with Gasteiger partial charge in [-0.2, -0.15) is 5.90 Å². The molecular weight excluding hydrogens is 302 g/mol. The van der Waals surface area contributed by atoms with E-state index in [9.17, 15) is 19.2 Å². The number of H-pyrrole nitrogens is 4. The minimum Gasteiger partial charge on any atom is -0.480 e. The molecule has 0 amide bonds. The van der Waals surface area contributed by atoms with E-state index in [-0.39, 0.29) is 17.3 Å². The smallest absolute Gasteiger partial charge is 0.356 e. The van der Waals surface area contributed by atoms with E-state index in [4.69, 9.17) is 10.6 Å². The predicted molar refractivity (Wildman–Crippen MR) is 69.4 cm³/mol. The quantitative estimate of drug-likeness (QED) is 0.245. The molecule has 116 valence electrons. The summed E-state index contributed by atoms with van der Waals surface area (Å²) in [6, 6.07) is 0. The fourth-order valence-corrected chi connectivity index (χ4v) is 1.48. The molecule has 2 rings (SSSR count). The predicted octanol–water partition coefficient (Wildman–Crippen LogP) is -3.80. The third-order valence-corrected chi connectivity index (χ3v) is 2.39. The van der Waals surface area contributed by atoms with Crippen LogP contribution in [-0.4, -0.2) is 27.0 Å². The van der Waals surface area contributed by atoms with Gasteiger partial charge in [0.15, 0.2) is 0 Å². The first-order chi connectivity index (χ1) is 10.5. The van der Waals surface area contributed by atoms with Crippen molar-refractivity contribution in [3.63, 3.8) is 0 Å². The van der Waals surface area contributed by atoms with Crippen molar-refractivity contribution in [2.75, 3.05) is 7.11 Å². The molecule has 0 saturated carbocycles. The molecule has 0 aliphatic heterocycles. The maximum absolute atomic E-state index is 11.6. The average molecular weight is 312 g/mol. The second-order valence-electron chi connectivity index (χ2n) is 3.74. The van der Waals surface area contributed by atoms with Gasteiger partial charge in [-0.25, -0.2) is 9.59 Å². The fourth-order valence-electron chi connectivity index (χ4n) is 1.48. The molecular formula is C9H10N7O6+. The lowest BCUT2D eigenvalue weighted by Gasteiger charge is -1.99. The molecule has 13 heteroatoms. The molecule has 2 aromatic heterocycles. The third-order valence-electron chi connectivity index (χ3n) is 2.39. The molecule has 0 spiro atoms. The van der Waals surface area contributed by atoms with Gasteiger partial charge in [0, 0.05) is 5.11 Å². The molecule has 0 saturated heterocycles. The lowest BCUT2D eigenvalue weighted by molar-refractivity contribution is -0.436. The largest absolute Gasteiger partial charge is 0.480 e. The highest BCUT2D eigenvalue weighted by atomic mass is 16.6. The van der Waals surface area contributed by atoms with E-state index in [0.29, 0.717) is 0 Å². The highest BCUT2D eigenvalue weighted by molar-refractivity contribution is 5.43. The average Bonchev–Trinajstić information content (AvgIpc) is 2.46. The molecule has 0 fully saturated rings. The van der Waals surface area contributed by atoms with E-state index in [1.54, 1.807) is 0 Å². The summed E-state index contributed by atoms with van der Waals surface area (Å²) >= 11 is 0. The molecule has 22 heavy (non-hydrogen) atoms. The van der Waals surface area contributed by atoms with Gasteiger partial charge in [0.05, 0.1) is 7.11 Å². The first-order valence-corrected chi connectivity index (χ1v) is 5.57. The topological polar surface area (TPSA) is 202 Å². The first kappa shape index (κ1) is 14.9. The van der Waals surface area contributed by atoms with Crippen molar-refractivity contribution in [3.05, 3.63) is 41.7 Å². The first-order valence-electron chi connectivity index (χ1n) is 5.57. The van der Waals surface area contributed by atoms with Crippen molar-refractivity contribution in [2.45, 2.75) is 0 Å². The van der Waals surface area contributed by atoms with E-state index in [2.05, 4.69) is 25.0 Å². The molecule has 2 heterocycles. The number of nitrogens with zero attached hydrogens (tertiary/aromatic N) is 1. The number of nitrogens with two attached hydrogens (primary N) is 1. The number of aromatic amines is 4. The van der Waals surface area contributed by atoms with Crippen molar-refractivity contribution in [2.24, 2.45) is 11.0 Å². The lowest BCUT2D eigenvalue weighted by Crippen LogP contribution is -2.62. The number of rotatable bonds is 4. The number of hydrogen-bond donors (Lipinski definition) is 6. The summed E-state index contributed by atoms with van der Waals surface area (Å²) in [7, 11) is 1.20. The van der Waals surface area contributed by atoms with Gasteiger partial charge >= 0.3 is 22.6 Å². The Kier molecular flexibility index (Phi) is 3.99. The highest BCUT2D eigenvalue weighted by Crippen LogP contribution is 2.15. The van der Waals surface area contributed by atoms with Crippen LogP contribution in [0.1, 0.15) is 0 Å². The van der Waals surface area contributed by atoms with E-state index < -0.39 is 28.4 Å². The Hall–Kier alpha value is -3.48. The van der Waals surface area contributed by atoms with Crippen molar-refractivity contribution >= 4 is 11.4 Å². The fraction of sp³-hybridized carbons (Fsp3) is 0.111. The Morgan fingerprint density at radius 3 is 2.14 bits per heavy atom. The van der Waals surface area contributed by atoms with Gasteiger partial charge in [-0.3, -0.25) is 29.5 Å². The van der Waals surface area contributed by atoms with Crippen LogP contribution in [0.5, 0.6) is 11.8 Å². The maximum Gasteiger partial charge on any atom is 0.356 e. The molecule has 0 atom stereocenters. The van der Waals surface area contributed by atoms with Crippen LogP contribution in [-0.2, 0) is 0 Å². The van der Waals surface area contributed by atoms with E-state index in [1.165, 1.54) is 7.11 Å². The van der Waals surface area contributed by atoms with Crippen molar-refractivity contribution in [1.82, 2.24) is 19.9 Å². The van der Waals surface area contributed by atoms with Crippen molar-refractivity contribution < 1.29 is 14.7 Å². The second kappa shape index (κ2) is 5.88. The Morgan fingerprint density at radius 2 is 1.55 bits per heavy atom. The third kappa shape index (κ3) is 2.83. The number of nitrogens with one attached hydrogen (secondary N) is 5. The van der Waals surface area contributed by atoms with E-state index in [0.717, 1.165) is 0 Å². The minimum absolute atomic E-state index is 0.239. The summed E-state index contributed by atoms with van der Waals surface area (Å²) in [4.78, 5) is 57.9. The molecule has 0 aromatic carbocycles. The second-order valence-corrected chi connectivity index (χ2v) is 3.74. The van der Waals surface area contributed by atoms with Crippen LogP contribution in [0.25, 0.3) is 0 Å². The summed E-state index contributed by atoms with van der Waals surface area (Å²) < 4.78 is 4.79. The molecule has 7 N–H and O–H groups in total. The van der Waals surface area contributed by atoms with Crippen LogP contribution < -0.4 is 43.1 Å². The van der Waals surface area contributed by atoms with Gasteiger partial charge in [0.1, 0.15) is 0 Å². The van der Waals surface area contributed by atoms with Crippen LogP contribution in [0.15, 0.2) is 24.3 Å². The van der Waals surface area contributed by atoms with Gasteiger partial charge < -0.3 is 9.57 Å². The van der Waals surface area contributed by atoms with Crippen LogP contribution in [0.2, 0.25) is 0 Å². The van der Waals surface area contributed by atoms with Crippen molar-refractivity contribution in [1.29, 1.82) is 0 Å². The number of hydrogen-bond acceptors (Lipinski definition) is 8. The lowest BCUT2D eigenvalue weighted by atomic mass is 10.5. The molecule has 2 aromatic rings. The Bertz CT molecular complexity index is 871. The van der Waals surface area contributed by atoms with Gasteiger partial charge in [-0.1, -0.05) is 5.11 Å². The molecule has 0 bridgehead atoms. The zero-order chi connectivity index (χ0) is 16.3. The SMILES string of the molecule is COc1[nH]c(=O)[nH]c(=O)c1N=[NH+]c1c(ON)[nH]c(=O)[nH]c1=O. The van der Waals surface area contributed by atoms with Crippen LogP contribution >= 0.6 is 0 Å². The van der Waals surface area contributed by atoms with Gasteiger partial charge in [-0.15, -0.1) is 0 Å². The molecule has 0 aliphatic rings. The normalized spacial score (nSPS) is 10.8. The van der Waals surface area contributed by atoms with Crippen LogP contribution in [0, 0.1) is 0 Å². The monoisotopic (exact) mass is 312 g/mol. The maximum atomic E-state index is 11.6. The Labute approximate surface area is 118 Å². The molecule has 0 aliphatic carbocycles. The Balaban J connectivity index is 2.60. The summed E-state index contributed by atoms with van der Waals surface area (Å²) in [5, 5.41) is 5.82. The minimum atomic E-state index is -0.896. The number of aromatic nitrogens is 4. The summed E-state index contributed by atoms with van der Waals surface area (Å²) in [6.45, 7) is 0. The molecule has 13 nitrogen and oxygen atoms in total. The van der Waals surface area contributed by atoms with Crippen LogP contribution in [0.4, 0.5) is 11.4 Å². The van der Waals surface area contributed by atoms with E-state index in [1.807, 2.05) is 9.97 Å². The highest BCUT2D eigenvalue weighted by Gasteiger charge is 2.18. The van der Waals surface area contributed by atoms with Crippen molar-refractivity contribution in [3.8, 4) is 11.8 Å². The van der Waals surface area contributed by atoms with E-state index >= 15 is 0 Å². The molecule has 0 unspecified atom stereocenters. The van der Waals surface area contributed by atoms with Gasteiger partial charge in [0.2, 0.25) is 5.88 Å². The number of ether oxygens (including phenoxy) is 1. The van der Waals surface area contributed by atoms with Crippen LogP contribution in [0.3, 0.4) is 0 Å². The zero-order valence-electron chi connectivity index (χ0n) is 11.0. The summed E-state index contributed by atoms with van der Waals surface area (Å²) in [5.41, 5.74) is -4.13. The summed E-state index contributed by atoms with van der Waals surface area (Å²) in [5.74, 6) is 4.27. The molecule has 0 radical (unpaired) electrons. The van der Waals surface area contributed by atoms with Gasteiger partial charge in [-0.05, 0) is 0 Å². The number of methoxy groups -OCH3 is 1. The van der Waals surface area contributed by atoms with Gasteiger partial charge in [0.25, 0.3) is 17.1 Å². The standard InChI is InChI=1S/C9H9N7O6/c1-21-6-2(4(17)11-8(19)13-6)15-16-3-5(18)12-9(20)14-7(3)22-10/h10H2,1H3,(H2,11,13,17,19)(H2,12,14,18,20)/p+1. The Morgan fingerprint density at radius 1 is 0.955 bits per heavy atom. The zero-order valence-corrected chi connectivity index (χ0v) is 11.0. The summed E-state index contributed by atoms with van der Waals surface area (Å²) in [6.07, 6.45) is 0. The number of azo groups is 1.